The lowest BCUT2D eigenvalue weighted by Crippen LogP contribution is -2.61. The van der Waals surface area contributed by atoms with Crippen molar-refractivity contribution in [3.05, 3.63) is 47.6 Å². The van der Waals surface area contributed by atoms with Crippen LogP contribution in [0.5, 0.6) is 0 Å². The molecule has 4 aliphatic rings. The summed E-state index contributed by atoms with van der Waals surface area (Å²) >= 11 is 0. The van der Waals surface area contributed by atoms with E-state index in [1.807, 2.05) is 58.1 Å². The number of carbonyl (C=O) groups is 5. The van der Waals surface area contributed by atoms with Crippen molar-refractivity contribution in [3.8, 4) is 0 Å². The van der Waals surface area contributed by atoms with Crippen LogP contribution < -0.4 is 0 Å². The average Bonchev–Trinajstić information content (AvgIpc) is 3.38. The molecule has 17 heteroatoms. The summed E-state index contributed by atoms with van der Waals surface area (Å²) in [5.41, 5.74) is 1.22. The lowest BCUT2D eigenvalue weighted by atomic mass is 9.78. The first-order chi connectivity index (χ1) is 35.3. The number of rotatable bonds is 15. The van der Waals surface area contributed by atoms with Gasteiger partial charge >= 0.3 is 5.97 Å². The fourth-order valence-electron chi connectivity index (χ4n) is 10.9. The minimum Gasteiger partial charge on any atom is -0.460 e. The van der Waals surface area contributed by atoms with E-state index in [4.69, 9.17) is 37.9 Å². The number of piperidine rings is 1. The van der Waals surface area contributed by atoms with E-state index < -0.39 is 77.8 Å². The third-order valence-corrected chi connectivity index (χ3v) is 15.6. The van der Waals surface area contributed by atoms with Crippen LogP contribution in [0.3, 0.4) is 0 Å². The maximum Gasteiger partial charge on any atom is 0.329 e. The summed E-state index contributed by atoms with van der Waals surface area (Å²) in [6.07, 6.45) is 11.5. The normalized spacial score (nSPS) is 35.8. The number of ketones is 3. The molecule has 1 aliphatic carbocycles. The molecule has 1 saturated carbocycles. The van der Waals surface area contributed by atoms with Gasteiger partial charge in [0.2, 0.25) is 5.79 Å². The van der Waals surface area contributed by atoms with Crippen molar-refractivity contribution in [2.75, 3.05) is 67.5 Å². The summed E-state index contributed by atoms with van der Waals surface area (Å²) in [4.78, 5) is 72.8. The lowest BCUT2D eigenvalue weighted by Gasteiger charge is -2.43. The predicted molar refractivity (Wildman–Crippen MR) is 278 cm³/mol. The molecule has 1 amide bonds. The zero-order valence-corrected chi connectivity index (χ0v) is 46.1. The van der Waals surface area contributed by atoms with Gasteiger partial charge < -0.3 is 58.1 Å². The molecule has 74 heavy (non-hydrogen) atoms. The highest BCUT2D eigenvalue weighted by molar-refractivity contribution is 6.39. The molecule has 15 atom stereocenters. The van der Waals surface area contributed by atoms with E-state index in [-0.39, 0.29) is 87.2 Å². The molecule has 17 nitrogen and oxygen atoms in total. The van der Waals surface area contributed by atoms with Gasteiger partial charge in [-0.05, 0) is 107 Å². The summed E-state index contributed by atoms with van der Waals surface area (Å²) in [6, 6.07) is -1.17. The maximum absolute atomic E-state index is 14.6. The van der Waals surface area contributed by atoms with Crippen LogP contribution >= 0.6 is 0 Å². The SMILES string of the molecule is COCCOCCO[C@H]1C[C@@H]2CC[C@@H](C)[C@@](O)(O2)C(=O)C(=O)N2CCCC[C@H]2C(=O)O[C@H]([C@H](C)C[C@@H]2CC[C@@H](OCCO)[C@H](OC)C2)CC(=O)[C@H](C)/C=C(\C)[C@@H](O)[C@@H](OC)C(=O)[C@H](C)C[C@H](C)/C=C/C=CC=C1C. The van der Waals surface area contributed by atoms with Gasteiger partial charge in [-0.25, -0.2) is 4.79 Å². The summed E-state index contributed by atoms with van der Waals surface area (Å²) < 4.78 is 47.0. The fourth-order valence-corrected chi connectivity index (χ4v) is 10.9. The molecule has 0 aromatic heterocycles. The average molecular weight is 1050 g/mol. The summed E-state index contributed by atoms with van der Waals surface area (Å²) in [7, 11) is 4.60. The van der Waals surface area contributed by atoms with Gasteiger partial charge in [0.25, 0.3) is 11.7 Å². The Hall–Kier alpha value is -3.49. The lowest BCUT2D eigenvalue weighted by molar-refractivity contribution is -0.266. The largest absolute Gasteiger partial charge is 0.460 e. The Morgan fingerprint density at radius 3 is 2.26 bits per heavy atom. The number of methoxy groups -OCH3 is 3. The van der Waals surface area contributed by atoms with Gasteiger partial charge in [-0.1, -0.05) is 71.1 Å². The van der Waals surface area contributed by atoms with E-state index in [9.17, 15) is 39.3 Å². The Morgan fingerprint density at radius 1 is 0.811 bits per heavy atom. The molecule has 0 unspecified atom stereocenters. The second-order valence-corrected chi connectivity index (χ2v) is 21.4. The van der Waals surface area contributed by atoms with Gasteiger partial charge in [0.05, 0.1) is 64.1 Å². The first-order valence-corrected chi connectivity index (χ1v) is 27.2. The van der Waals surface area contributed by atoms with Crippen LogP contribution in [0.4, 0.5) is 0 Å². The number of esters is 1. The Morgan fingerprint density at radius 2 is 1.55 bits per heavy atom. The Labute approximate surface area is 440 Å². The highest BCUT2D eigenvalue weighted by Gasteiger charge is 2.53. The van der Waals surface area contributed by atoms with Crippen molar-refractivity contribution in [3.63, 3.8) is 0 Å². The van der Waals surface area contributed by atoms with Crippen molar-refractivity contribution in [2.24, 2.45) is 35.5 Å². The minimum atomic E-state index is -2.48. The van der Waals surface area contributed by atoms with Gasteiger partial charge in [0, 0.05) is 58.5 Å². The van der Waals surface area contributed by atoms with Gasteiger partial charge in [0.1, 0.15) is 30.1 Å². The number of nitrogens with zero attached hydrogens (tertiary/aromatic N) is 1. The van der Waals surface area contributed by atoms with Crippen LogP contribution in [0.15, 0.2) is 47.6 Å². The summed E-state index contributed by atoms with van der Waals surface area (Å²) in [5.74, 6) is -8.19. The highest BCUT2D eigenvalue weighted by Crippen LogP contribution is 2.38. The van der Waals surface area contributed by atoms with Gasteiger partial charge in [-0.2, -0.15) is 0 Å². The second kappa shape index (κ2) is 31.7. The number of hydrogen-bond donors (Lipinski definition) is 3. The standard InChI is InChI=1S/C57H91NO16/c1-36-16-12-11-13-17-37(2)48(72-29-28-70-27-26-67-8)34-44-21-19-42(7)57(66,74-44)54(63)55(64)58-23-15-14-18-45(58)56(65)73-49(39(4)32-43-20-22-47(71-25-24-59)50(33-43)68-9)35-46(60)38(3)31-41(6)52(62)53(69-10)51(61)40(5)30-36/h11-13,16-17,31,36,38-40,42-45,47-50,52-53,59,62,66H,14-15,18-30,32-35H2,1-10H3/b13-11?,16-12+,37-17?,41-31+/t36-,38-,39-,40-,42-,43+,44+,45+,47-,48+,49+,50-,52-,53+,57-/m1/s1. The number of cyclic esters (lactones) is 1. The zero-order chi connectivity index (χ0) is 54.5. The first kappa shape index (κ1) is 63.0. The van der Waals surface area contributed by atoms with Crippen LogP contribution in [-0.4, -0.2) is 172 Å². The van der Waals surface area contributed by atoms with Gasteiger partial charge in [-0.15, -0.1) is 0 Å². The van der Waals surface area contributed by atoms with E-state index >= 15 is 0 Å². The van der Waals surface area contributed by atoms with Crippen molar-refractivity contribution in [2.45, 2.75) is 180 Å². The van der Waals surface area contributed by atoms with Gasteiger partial charge in [-0.3, -0.25) is 19.2 Å². The van der Waals surface area contributed by atoms with Crippen LogP contribution in [0.1, 0.15) is 126 Å². The van der Waals surface area contributed by atoms with E-state index in [2.05, 4.69) is 0 Å². The number of Topliss-reactive ketones (excluding diaryl/α,β-unsaturated/α-hetero) is 3. The third-order valence-electron chi connectivity index (χ3n) is 15.6. The van der Waals surface area contributed by atoms with E-state index in [1.165, 1.54) is 12.0 Å². The topological polar surface area (TPSA) is 223 Å². The van der Waals surface area contributed by atoms with Crippen LogP contribution in [0.2, 0.25) is 0 Å². The monoisotopic (exact) mass is 1050 g/mol. The molecule has 420 valence electrons. The van der Waals surface area contributed by atoms with Crippen LogP contribution in [0, 0.1) is 35.5 Å². The molecule has 3 fully saturated rings. The number of allylic oxidation sites excluding steroid dienone is 6. The molecule has 0 aromatic carbocycles. The number of aliphatic hydroxyl groups is 3. The van der Waals surface area contributed by atoms with E-state index in [0.717, 1.165) is 12.0 Å². The Kier molecular flexibility index (Phi) is 27.0. The summed E-state index contributed by atoms with van der Waals surface area (Å²) in [5, 5.41) is 33.1. The molecule has 2 saturated heterocycles. The third kappa shape index (κ3) is 18.3. The minimum absolute atomic E-state index is 0.00969. The van der Waals surface area contributed by atoms with Crippen molar-refractivity contribution >= 4 is 29.2 Å². The Bertz CT molecular complexity index is 1920. The second-order valence-electron chi connectivity index (χ2n) is 21.4. The molecule has 0 radical (unpaired) electrons. The molecule has 3 aliphatic heterocycles. The van der Waals surface area contributed by atoms with Crippen molar-refractivity contribution in [1.82, 2.24) is 4.90 Å². The van der Waals surface area contributed by atoms with E-state index in [0.29, 0.717) is 76.8 Å². The number of amides is 1. The fraction of sp³-hybridized carbons (Fsp3) is 0.772. The number of aliphatic hydroxyl groups excluding tert-OH is 2. The number of fused-ring (bicyclic) bond motifs is 3. The molecule has 2 bridgehead atoms. The molecule has 0 aromatic rings. The van der Waals surface area contributed by atoms with Crippen molar-refractivity contribution in [1.29, 1.82) is 0 Å². The number of hydrogen-bond acceptors (Lipinski definition) is 16. The van der Waals surface area contributed by atoms with Gasteiger partial charge in [0.15, 0.2) is 5.78 Å². The predicted octanol–water partition coefficient (Wildman–Crippen LogP) is 6.23. The Balaban J connectivity index is 1.71. The first-order valence-electron chi connectivity index (χ1n) is 27.2. The summed E-state index contributed by atoms with van der Waals surface area (Å²) in [6.45, 7) is 14.2. The quantitative estimate of drug-likeness (QED) is 0.0716. The molecule has 0 spiro atoms. The zero-order valence-electron chi connectivity index (χ0n) is 46.1. The smallest absolute Gasteiger partial charge is 0.329 e. The van der Waals surface area contributed by atoms with Crippen LogP contribution in [-0.2, 0) is 61.9 Å². The van der Waals surface area contributed by atoms with E-state index in [1.54, 1.807) is 41.1 Å². The molecular formula is C57H91NO16. The van der Waals surface area contributed by atoms with Crippen molar-refractivity contribution < 1.29 is 77.2 Å². The molecule has 3 N–H and O–H groups in total. The number of ether oxygens (including phenoxy) is 8. The molecule has 3 heterocycles. The number of carbonyl (C=O) groups excluding carboxylic acids is 5. The maximum atomic E-state index is 14.6. The highest BCUT2D eigenvalue weighted by atomic mass is 16.6. The molecule has 4 rings (SSSR count). The van der Waals surface area contributed by atoms with Crippen LogP contribution in [0.25, 0.3) is 0 Å². The molecular weight excluding hydrogens is 955 g/mol.